The van der Waals surface area contributed by atoms with Crippen molar-refractivity contribution in [3.63, 3.8) is 0 Å². The van der Waals surface area contributed by atoms with Crippen LogP contribution in [-0.4, -0.2) is 35.2 Å². The third-order valence-corrected chi connectivity index (χ3v) is 4.11. The predicted molar refractivity (Wildman–Crippen MR) is 73.9 cm³/mol. The molecule has 1 saturated carbocycles. The molecule has 1 saturated heterocycles. The number of nitrogens with zero attached hydrogens (tertiary/aromatic N) is 3. The zero-order valence-corrected chi connectivity index (χ0v) is 11.3. The summed E-state index contributed by atoms with van der Waals surface area (Å²) in [5, 5.41) is 3.67. The molecular weight excluding hydrogens is 224 g/mol. The van der Waals surface area contributed by atoms with E-state index in [0.717, 1.165) is 37.5 Å². The number of piperidine rings is 1. The highest BCUT2D eigenvalue weighted by Gasteiger charge is 2.25. The maximum atomic E-state index is 4.52. The standard InChI is InChI=1S/C14H24N4/c1-2-17-9-7-15-14(17)18-8-3-4-12(11-18)10-16-13-5-6-13/h7,9,12-13,16H,2-6,8,10-11H2,1H3. The lowest BCUT2D eigenvalue weighted by Crippen LogP contribution is -2.41. The fourth-order valence-electron chi connectivity index (χ4n) is 2.87. The number of hydrogen-bond donors (Lipinski definition) is 1. The molecule has 0 spiro atoms. The zero-order chi connectivity index (χ0) is 12.4. The van der Waals surface area contributed by atoms with Crippen molar-refractivity contribution >= 4 is 5.95 Å². The van der Waals surface area contributed by atoms with Crippen LogP contribution in [0.3, 0.4) is 0 Å². The molecule has 1 aliphatic carbocycles. The van der Waals surface area contributed by atoms with Gasteiger partial charge < -0.3 is 14.8 Å². The molecule has 1 aliphatic heterocycles. The number of aromatic nitrogens is 2. The molecule has 0 bridgehead atoms. The highest BCUT2D eigenvalue weighted by atomic mass is 15.3. The summed E-state index contributed by atoms with van der Waals surface area (Å²) in [5.74, 6) is 1.95. The van der Waals surface area contributed by atoms with Gasteiger partial charge in [-0.05, 0) is 45.1 Å². The minimum atomic E-state index is 0.793. The largest absolute Gasteiger partial charge is 0.342 e. The van der Waals surface area contributed by atoms with E-state index in [0.29, 0.717) is 0 Å². The first-order valence-electron chi connectivity index (χ1n) is 7.36. The van der Waals surface area contributed by atoms with Gasteiger partial charge in [-0.1, -0.05) is 0 Å². The molecule has 100 valence electrons. The lowest BCUT2D eigenvalue weighted by molar-refractivity contribution is 0.386. The van der Waals surface area contributed by atoms with Crippen molar-refractivity contribution in [2.24, 2.45) is 5.92 Å². The van der Waals surface area contributed by atoms with Gasteiger partial charge in [0.05, 0.1) is 0 Å². The molecule has 0 radical (unpaired) electrons. The Labute approximate surface area is 109 Å². The average Bonchev–Trinajstić information content (AvgIpc) is 3.12. The fraction of sp³-hybridized carbons (Fsp3) is 0.786. The molecule has 1 aromatic heterocycles. The van der Waals surface area contributed by atoms with Crippen LogP contribution in [-0.2, 0) is 6.54 Å². The second kappa shape index (κ2) is 5.31. The number of hydrogen-bond acceptors (Lipinski definition) is 3. The van der Waals surface area contributed by atoms with E-state index in [1.165, 1.54) is 32.2 Å². The first-order valence-corrected chi connectivity index (χ1v) is 7.36. The van der Waals surface area contributed by atoms with E-state index >= 15 is 0 Å². The van der Waals surface area contributed by atoms with Gasteiger partial charge in [0.2, 0.25) is 5.95 Å². The molecule has 3 rings (SSSR count). The number of anilines is 1. The van der Waals surface area contributed by atoms with Gasteiger partial charge in [-0.25, -0.2) is 4.98 Å². The summed E-state index contributed by atoms with van der Waals surface area (Å²) in [6.07, 6.45) is 9.44. The van der Waals surface area contributed by atoms with E-state index < -0.39 is 0 Å². The van der Waals surface area contributed by atoms with Gasteiger partial charge in [-0.2, -0.15) is 0 Å². The van der Waals surface area contributed by atoms with Gasteiger partial charge in [0.15, 0.2) is 0 Å². The van der Waals surface area contributed by atoms with Crippen molar-refractivity contribution < 1.29 is 0 Å². The van der Waals surface area contributed by atoms with E-state index in [2.05, 4.69) is 32.9 Å². The lowest BCUT2D eigenvalue weighted by Gasteiger charge is -2.33. The molecule has 1 atom stereocenters. The van der Waals surface area contributed by atoms with Crippen molar-refractivity contribution in [2.45, 2.75) is 45.2 Å². The molecule has 2 heterocycles. The highest BCUT2D eigenvalue weighted by Crippen LogP contribution is 2.23. The molecule has 2 fully saturated rings. The number of aryl methyl sites for hydroxylation is 1. The van der Waals surface area contributed by atoms with E-state index in [9.17, 15) is 0 Å². The molecule has 1 unspecified atom stereocenters. The topological polar surface area (TPSA) is 33.1 Å². The normalized spacial score (nSPS) is 24.5. The molecule has 1 N–H and O–H groups in total. The Kier molecular flexibility index (Phi) is 3.55. The van der Waals surface area contributed by atoms with Crippen LogP contribution < -0.4 is 10.2 Å². The molecule has 1 aromatic rings. The number of imidazole rings is 1. The third kappa shape index (κ3) is 2.69. The van der Waals surface area contributed by atoms with E-state index in [4.69, 9.17) is 0 Å². The van der Waals surface area contributed by atoms with Gasteiger partial charge in [0, 0.05) is 38.1 Å². The van der Waals surface area contributed by atoms with Crippen molar-refractivity contribution in [2.75, 3.05) is 24.5 Å². The number of rotatable bonds is 5. The van der Waals surface area contributed by atoms with Gasteiger partial charge in [-0.3, -0.25) is 0 Å². The van der Waals surface area contributed by atoms with Crippen LogP contribution in [0.25, 0.3) is 0 Å². The minimum absolute atomic E-state index is 0.793. The quantitative estimate of drug-likeness (QED) is 0.863. The molecule has 2 aliphatic rings. The van der Waals surface area contributed by atoms with E-state index in [-0.39, 0.29) is 0 Å². The van der Waals surface area contributed by atoms with Crippen LogP contribution in [0.15, 0.2) is 12.4 Å². The van der Waals surface area contributed by atoms with Crippen molar-refractivity contribution in [3.05, 3.63) is 12.4 Å². The SMILES string of the molecule is CCn1ccnc1N1CCCC(CNC2CC2)C1. The van der Waals surface area contributed by atoms with Crippen LogP contribution in [0.5, 0.6) is 0 Å². The summed E-state index contributed by atoms with van der Waals surface area (Å²) in [5.41, 5.74) is 0. The maximum absolute atomic E-state index is 4.52. The van der Waals surface area contributed by atoms with Gasteiger partial charge in [-0.15, -0.1) is 0 Å². The van der Waals surface area contributed by atoms with Crippen molar-refractivity contribution in [1.29, 1.82) is 0 Å². The summed E-state index contributed by atoms with van der Waals surface area (Å²) in [6, 6.07) is 0.831. The fourth-order valence-corrected chi connectivity index (χ4v) is 2.87. The Bertz CT molecular complexity index is 383. The molecule has 18 heavy (non-hydrogen) atoms. The van der Waals surface area contributed by atoms with E-state index in [1.54, 1.807) is 0 Å². The summed E-state index contributed by atoms with van der Waals surface area (Å²) >= 11 is 0. The predicted octanol–water partition coefficient (Wildman–Crippen LogP) is 1.87. The Balaban J connectivity index is 1.58. The van der Waals surface area contributed by atoms with Gasteiger partial charge in [0.25, 0.3) is 0 Å². The van der Waals surface area contributed by atoms with Crippen LogP contribution in [0, 0.1) is 5.92 Å². The van der Waals surface area contributed by atoms with Crippen molar-refractivity contribution in [3.8, 4) is 0 Å². The van der Waals surface area contributed by atoms with Crippen LogP contribution in [0.4, 0.5) is 5.95 Å². The third-order valence-electron chi connectivity index (χ3n) is 4.11. The second-order valence-electron chi connectivity index (χ2n) is 5.65. The Morgan fingerprint density at radius 3 is 3.06 bits per heavy atom. The molecular formula is C14H24N4. The summed E-state index contributed by atoms with van der Waals surface area (Å²) in [7, 11) is 0. The van der Waals surface area contributed by atoms with Gasteiger partial charge in [0.1, 0.15) is 0 Å². The van der Waals surface area contributed by atoms with E-state index in [1.807, 2.05) is 6.20 Å². The first-order chi connectivity index (χ1) is 8.86. The monoisotopic (exact) mass is 248 g/mol. The lowest BCUT2D eigenvalue weighted by atomic mass is 9.98. The molecule has 0 amide bonds. The van der Waals surface area contributed by atoms with Crippen LogP contribution >= 0.6 is 0 Å². The summed E-state index contributed by atoms with van der Waals surface area (Å²) in [6.45, 7) is 6.71. The minimum Gasteiger partial charge on any atom is -0.342 e. The highest BCUT2D eigenvalue weighted by molar-refractivity contribution is 5.32. The maximum Gasteiger partial charge on any atom is 0.205 e. The van der Waals surface area contributed by atoms with Crippen molar-refractivity contribution in [1.82, 2.24) is 14.9 Å². The summed E-state index contributed by atoms with van der Waals surface area (Å²) in [4.78, 5) is 6.99. The smallest absolute Gasteiger partial charge is 0.205 e. The molecule has 0 aromatic carbocycles. The Morgan fingerprint density at radius 1 is 1.39 bits per heavy atom. The molecule has 4 heteroatoms. The Morgan fingerprint density at radius 2 is 2.28 bits per heavy atom. The number of nitrogens with one attached hydrogen (secondary N) is 1. The zero-order valence-electron chi connectivity index (χ0n) is 11.3. The Hall–Kier alpha value is -1.03. The summed E-state index contributed by atoms with van der Waals surface area (Å²) < 4.78 is 2.25. The second-order valence-corrected chi connectivity index (χ2v) is 5.65. The molecule has 4 nitrogen and oxygen atoms in total. The van der Waals surface area contributed by atoms with Gasteiger partial charge >= 0.3 is 0 Å². The average molecular weight is 248 g/mol. The van der Waals surface area contributed by atoms with Crippen LogP contribution in [0.2, 0.25) is 0 Å². The van der Waals surface area contributed by atoms with Crippen LogP contribution in [0.1, 0.15) is 32.6 Å². The first kappa shape index (κ1) is 12.0.